The first-order valence-electron chi connectivity index (χ1n) is 22.0. The molecule has 1 radical (unpaired) electrons. The first-order chi connectivity index (χ1) is 30.7. The number of nitrogens with zero attached hydrogens (tertiary/aromatic N) is 8. The van der Waals surface area contributed by atoms with Gasteiger partial charge in [-0.2, -0.15) is 0 Å². The van der Waals surface area contributed by atoms with Gasteiger partial charge in [-0.25, -0.2) is 24.9 Å². The first kappa shape index (κ1) is 45.1. The third-order valence-corrected chi connectivity index (χ3v) is 11.3. The van der Waals surface area contributed by atoms with E-state index in [0.717, 1.165) is 66.5 Å². The second-order valence-corrected chi connectivity index (χ2v) is 18.9. The molecule has 0 unspecified atom stereocenters. The van der Waals surface area contributed by atoms with Crippen LogP contribution in [-0.2, 0) is 30.9 Å². The summed E-state index contributed by atoms with van der Waals surface area (Å²) in [6.45, 7) is 21.6. The number of rotatable bonds is 6. The van der Waals surface area contributed by atoms with Crippen molar-refractivity contribution < 1.29 is 24.5 Å². The summed E-state index contributed by atoms with van der Waals surface area (Å²) in [5.74, 6) is 3.76. The molecule has 65 heavy (non-hydrogen) atoms. The molecule has 0 N–H and O–H groups in total. The molecule has 0 saturated heterocycles. The summed E-state index contributed by atoms with van der Waals surface area (Å²) in [6.07, 6.45) is 3.61. The SMILES string of the molecule is CC(C)c1cccc(C(C)C)c1-n1c(-c2[c-]ccc3c2oc2c4cnc(-c5nc(C(C)(C)C)nc(C(C)(C)C)n5)nc4ccc32)nc2ccccc21.[Ir].[c-]1ccccc1-c1ccccn1. The molecule has 10 heteroatoms. The van der Waals surface area contributed by atoms with Crippen LogP contribution in [0.25, 0.3) is 83.9 Å². The molecule has 10 aromatic rings. The van der Waals surface area contributed by atoms with Gasteiger partial charge >= 0.3 is 0 Å². The van der Waals surface area contributed by atoms with Gasteiger partial charge in [-0.3, -0.25) is 4.98 Å². The zero-order chi connectivity index (χ0) is 44.9. The average molecular weight is 1030 g/mol. The maximum absolute atomic E-state index is 6.86. The number of furan rings is 1. The van der Waals surface area contributed by atoms with Crippen molar-refractivity contribution in [2.24, 2.45) is 0 Å². The third kappa shape index (κ3) is 8.73. The van der Waals surface area contributed by atoms with Gasteiger partial charge in [0.2, 0.25) is 5.82 Å². The number of imidazole rings is 1. The van der Waals surface area contributed by atoms with Crippen LogP contribution in [0.1, 0.15) is 104 Å². The maximum atomic E-state index is 6.86. The molecule has 0 fully saturated rings. The zero-order valence-electron chi connectivity index (χ0n) is 38.5. The van der Waals surface area contributed by atoms with Crippen molar-refractivity contribution in [2.75, 3.05) is 0 Å². The van der Waals surface area contributed by atoms with Crippen LogP contribution in [0.3, 0.4) is 0 Å². The molecular formula is C55H52IrN8O-2. The van der Waals surface area contributed by atoms with E-state index in [1.54, 1.807) is 6.20 Å². The van der Waals surface area contributed by atoms with Gasteiger partial charge in [0.15, 0.2) is 5.82 Å². The Kier molecular flexibility index (Phi) is 12.4. The molecule has 5 aromatic heterocycles. The van der Waals surface area contributed by atoms with E-state index in [1.165, 1.54) is 16.8 Å². The Balaban J connectivity index is 0.000000383. The standard InChI is InChI=1S/C44H44N7O.C11H8N.Ir/c1-24(2)26-15-13-16-27(25(3)4)35(26)51-34-20-12-11-19-33(34)47-40(51)30-18-14-17-28-29-21-22-32-31(37(29)52-36(28)30)23-45-38(46-32)39-48-41(43(5,6)7)50-42(49-39)44(8,9)10;1-2-6-10(7-3-1)11-8-4-5-9-12-11;/h11-17,19-25H,1-10H3;1-6,8-9H;/q2*-1;. The Bertz CT molecular complexity index is 3210. The quantitative estimate of drug-likeness (QED) is 0.152. The summed E-state index contributed by atoms with van der Waals surface area (Å²) >= 11 is 0. The van der Waals surface area contributed by atoms with Crippen molar-refractivity contribution in [2.45, 2.75) is 91.9 Å². The minimum Gasteiger partial charge on any atom is -0.500 e. The van der Waals surface area contributed by atoms with E-state index in [9.17, 15) is 0 Å². The molecule has 0 aliphatic rings. The summed E-state index contributed by atoms with van der Waals surface area (Å²) in [7, 11) is 0. The molecule has 0 aliphatic heterocycles. The van der Waals surface area contributed by atoms with Crippen LogP contribution in [0.5, 0.6) is 0 Å². The fraction of sp³-hybridized carbons (Fsp3) is 0.255. The van der Waals surface area contributed by atoms with Crippen molar-refractivity contribution in [3.8, 4) is 40.0 Å². The van der Waals surface area contributed by atoms with Gasteiger partial charge in [0.05, 0.1) is 33.3 Å². The number of hydrogen-bond acceptors (Lipinski definition) is 8. The number of fused-ring (bicyclic) bond motifs is 6. The minimum atomic E-state index is -0.266. The average Bonchev–Trinajstić information content (AvgIpc) is 3.88. The van der Waals surface area contributed by atoms with E-state index in [2.05, 4.69) is 139 Å². The molecular weight excluding hydrogens is 981 g/mol. The van der Waals surface area contributed by atoms with Crippen molar-refractivity contribution >= 4 is 43.9 Å². The van der Waals surface area contributed by atoms with Crippen molar-refractivity contribution in [3.63, 3.8) is 0 Å². The second kappa shape index (κ2) is 17.8. The van der Waals surface area contributed by atoms with Gasteiger partial charge in [0.1, 0.15) is 17.2 Å². The maximum Gasteiger partial charge on any atom is 0.201 e. The Hall–Kier alpha value is -6.48. The fourth-order valence-electron chi connectivity index (χ4n) is 7.99. The Labute approximate surface area is 394 Å². The van der Waals surface area contributed by atoms with Crippen molar-refractivity contribution in [3.05, 3.63) is 156 Å². The van der Waals surface area contributed by atoms with Crippen molar-refractivity contribution in [1.29, 1.82) is 0 Å². The fourth-order valence-corrected chi connectivity index (χ4v) is 7.99. The molecule has 0 atom stereocenters. The van der Waals surface area contributed by atoms with E-state index in [1.807, 2.05) is 66.9 Å². The van der Waals surface area contributed by atoms with Crippen LogP contribution >= 0.6 is 0 Å². The van der Waals surface area contributed by atoms with Crippen LogP contribution in [0, 0.1) is 12.1 Å². The Morgan fingerprint density at radius 1 is 0.554 bits per heavy atom. The normalized spacial score (nSPS) is 12.0. The summed E-state index contributed by atoms with van der Waals surface area (Å²) in [6, 6.07) is 43.5. The molecule has 5 aromatic carbocycles. The van der Waals surface area contributed by atoms with Crippen LogP contribution in [-0.4, -0.2) is 39.5 Å². The Morgan fingerprint density at radius 3 is 1.88 bits per heavy atom. The number of para-hydroxylation sites is 3. The monoisotopic (exact) mass is 1030 g/mol. The largest absolute Gasteiger partial charge is 0.500 e. The Morgan fingerprint density at radius 2 is 1.23 bits per heavy atom. The first-order valence-corrected chi connectivity index (χ1v) is 22.0. The van der Waals surface area contributed by atoms with Crippen LogP contribution in [0.4, 0.5) is 0 Å². The minimum absolute atomic E-state index is 0. The smallest absolute Gasteiger partial charge is 0.201 e. The topological polar surface area (TPSA) is 108 Å². The molecule has 329 valence electrons. The molecule has 0 saturated carbocycles. The predicted molar refractivity (Wildman–Crippen MR) is 259 cm³/mol. The molecule has 9 nitrogen and oxygen atoms in total. The van der Waals surface area contributed by atoms with Crippen LogP contribution in [0.2, 0.25) is 0 Å². The number of pyridine rings is 1. The molecule has 10 rings (SSSR count). The summed E-state index contributed by atoms with van der Waals surface area (Å²) < 4.78 is 9.18. The van der Waals surface area contributed by atoms with Gasteiger partial charge in [-0.15, -0.1) is 54.1 Å². The third-order valence-electron chi connectivity index (χ3n) is 11.3. The van der Waals surface area contributed by atoms with Gasteiger partial charge in [0.25, 0.3) is 0 Å². The van der Waals surface area contributed by atoms with E-state index >= 15 is 0 Å². The van der Waals surface area contributed by atoms with Crippen molar-refractivity contribution in [1.82, 2.24) is 39.5 Å². The zero-order valence-corrected chi connectivity index (χ0v) is 40.9. The van der Waals surface area contributed by atoms with Gasteiger partial charge < -0.3 is 14.0 Å². The van der Waals surface area contributed by atoms with E-state index < -0.39 is 0 Å². The van der Waals surface area contributed by atoms with Gasteiger partial charge in [-0.05, 0) is 59.0 Å². The van der Waals surface area contributed by atoms with Gasteiger partial charge in [-0.1, -0.05) is 123 Å². The van der Waals surface area contributed by atoms with Crippen LogP contribution in [0.15, 0.2) is 126 Å². The van der Waals surface area contributed by atoms with E-state index in [4.69, 9.17) is 34.3 Å². The number of hydrogen-bond donors (Lipinski definition) is 0. The van der Waals surface area contributed by atoms with Gasteiger partial charge in [0, 0.05) is 54.4 Å². The van der Waals surface area contributed by atoms with E-state index in [-0.39, 0.29) is 30.9 Å². The predicted octanol–water partition coefficient (Wildman–Crippen LogP) is 13.6. The van der Waals surface area contributed by atoms with E-state index in [0.29, 0.717) is 35.1 Å². The molecule has 0 amide bonds. The summed E-state index contributed by atoms with van der Waals surface area (Å²) in [5.41, 5.74) is 10.1. The summed E-state index contributed by atoms with van der Waals surface area (Å²) in [5, 5.41) is 2.77. The van der Waals surface area contributed by atoms with Crippen LogP contribution < -0.4 is 0 Å². The number of benzene rings is 5. The summed E-state index contributed by atoms with van der Waals surface area (Å²) in [4.78, 5) is 33.8. The molecule has 0 aliphatic carbocycles. The number of aromatic nitrogens is 8. The molecule has 0 bridgehead atoms. The molecule has 0 spiro atoms. The second-order valence-electron chi connectivity index (χ2n) is 18.9. The molecule has 5 heterocycles.